The molecule has 3 rings (SSSR count). The fourth-order valence-electron chi connectivity index (χ4n) is 2.38. The Kier molecular flexibility index (Phi) is 4.61. The molecule has 3 aromatic rings. The van der Waals surface area contributed by atoms with E-state index in [0.717, 1.165) is 11.3 Å². The largest absolute Gasteiger partial charge is 0.490 e. The molecule has 0 aliphatic carbocycles. The third-order valence-electron chi connectivity index (χ3n) is 3.58. The molecule has 5 nitrogen and oxygen atoms in total. The van der Waals surface area contributed by atoms with Crippen LogP contribution in [0.1, 0.15) is 15.9 Å². The molecule has 0 spiro atoms. The van der Waals surface area contributed by atoms with Gasteiger partial charge < -0.3 is 14.5 Å². The van der Waals surface area contributed by atoms with E-state index in [1.807, 2.05) is 31.2 Å². The summed E-state index contributed by atoms with van der Waals surface area (Å²) in [6.07, 6.45) is 0. The summed E-state index contributed by atoms with van der Waals surface area (Å²) in [7, 11) is 0. The standard InChI is InChI=1S/C19H17NO4/c1-13-6-8-14(9-7-13)23-10-11-24-19(22)16-12-18(21)20-17-5-3-2-4-15(16)17/h2-9,12H,10-11H2,1H3,(H,20,21). The number of ether oxygens (including phenoxy) is 2. The average molecular weight is 323 g/mol. The average Bonchev–Trinajstić information content (AvgIpc) is 2.59. The van der Waals surface area contributed by atoms with Gasteiger partial charge in [-0.2, -0.15) is 0 Å². The third-order valence-corrected chi connectivity index (χ3v) is 3.58. The van der Waals surface area contributed by atoms with Crippen LogP contribution in [0, 0.1) is 6.92 Å². The lowest BCUT2D eigenvalue weighted by molar-refractivity contribution is 0.0452. The highest BCUT2D eigenvalue weighted by molar-refractivity contribution is 6.03. The highest BCUT2D eigenvalue weighted by atomic mass is 16.6. The number of carbonyl (C=O) groups excluding carboxylic acids is 1. The molecule has 1 N–H and O–H groups in total. The monoisotopic (exact) mass is 323 g/mol. The number of aryl methyl sites for hydroxylation is 1. The first-order chi connectivity index (χ1) is 11.6. The van der Waals surface area contributed by atoms with Crippen molar-refractivity contribution in [1.29, 1.82) is 0 Å². The summed E-state index contributed by atoms with van der Waals surface area (Å²) in [6.45, 7) is 2.35. The van der Waals surface area contributed by atoms with E-state index in [1.54, 1.807) is 24.3 Å². The summed E-state index contributed by atoms with van der Waals surface area (Å²) in [6, 6.07) is 16.0. The van der Waals surface area contributed by atoms with Crippen molar-refractivity contribution in [1.82, 2.24) is 4.98 Å². The Morgan fingerprint density at radius 3 is 2.58 bits per heavy atom. The number of nitrogens with one attached hydrogen (secondary N) is 1. The van der Waals surface area contributed by atoms with Gasteiger partial charge in [0.2, 0.25) is 5.56 Å². The molecule has 1 aromatic heterocycles. The topological polar surface area (TPSA) is 68.4 Å². The van der Waals surface area contributed by atoms with Gasteiger partial charge in [-0.15, -0.1) is 0 Å². The minimum atomic E-state index is -0.537. The van der Waals surface area contributed by atoms with Crippen LogP contribution in [0.15, 0.2) is 59.4 Å². The van der Waals surface area contributed by atoms with E-state index in [-0.39, 0.29) is 24.3 Å². The summed E-state index contributed by atoms with van der Waals surface area (Å²) >= 11 is 0. The molecule has 122 valence electrons. The number of benzene rings is 2. The van der Waals surface area contributed by atoms with Crippen LogP contribution in [-0.4, -0.2) is 24.2 Å². The minimum Gasteiger partial charge on any atom is -0.490 e. The Hall–Kier alpha value is -3.08. The number of pyridine rings is 1. The molecule has 5 heteroatoms. The van der Waals surface area contributed by atoms with E-state index in [0.29, 0.717) is 10.9 Å². The smallest absolute Gasteiger partial charge is 0.339 e. The fraction of sp³-hybridized carbons (Fsp3) is 0.158. The Labute approximate surface area is 138 Å². The predicted octanol–water partition coefficient (Wildman–Crippen LogP) is 3.07. The van der Waals surface area contributed by atoms with Gasteiger partial charge in [0.25, 0.3) is 0 Å². The van der Waals surface area contributed by atoms with Gasteiger partial charge in [0.1, 0.15) is 19.0 Å². The molecule has 0 fully saturated rings. The van der Waals surface area contributed by atoms with Gasteiger partial charge >= 0.3 is 5.97 Å². The molecule has 1 heterocycles. The normalized spacial score (nSPS) is 10.5. The molecule has 0 aliphatic heterocycles. The van der Waals surface area contributed by atoms with Gasteiger partial charge in [0.15, 0.2) is 0 Å². The maximum absolute atomic E-state index is 12.2. The first-order valence-electron chi connectivity index (χ1n) is 7.62. The highest BCUT2D eigenvalue weighted by Crippen LogP contribution is 2.15. The van der Waals surface area contributed by atoms with Crippen LogP contribution in [0.3, 0.4) is 0 Å². The van der Waals surface area contributed by atoms with Gasteiger partial charge in [-0.3, -0.25) is 4.79 Å². The Bertz CT molecular complexity index is 913. The van der Waals surface area contributed by atoms with Crippen molar-refractivity contribution in [2.75, 3.05) is 13.2 Å². The van der Waals surface area contributed by atoms with Gasteiger partial charge in [0, 0.05) is 17.0 Å². The Morgan fingerprint density at radius 2 is 1.79 bits per heavy atom. The second-order valence-electron chi connectivity index (χ2n) is 5.39. The van der Waals surface area contributed by atoms with E-state index in [1.165, 1.54) is 6.07 Å². The second kappa shape index (κ2) is 7.00. The molecule has 0 aliphatic rings. The minimum absolute atomic E-state index is 0.105. The first kappa shape index (κ1) is 15.8. The van der Waals surface area contributed by atoms with Crippen molar-refractivity contribution in [3.8, 4) is 5.75 Å². The summed E-state index contributed by atoms with van der Waals surface area (Å²) in [5.74, 6) is 0.183. The molecule has 0 saturated heterocycles. The van der Waals surface area contributed by atoms with Gasteiger partial charge in [-0.05, 0) is 25.1 Å². The van der Waals surface area contributed by atoms with E-state index in [2.05, 4.69) is 4.98 Å². The van der Waals surface area contributed by atoms with E-state index < -0.39 is 5.97 Å². The molecule has 0 amide bonds. The molecule has 0 saturated carbocycles. The SMILES string of the molecule is Cc1ccc(OCCOC(=O)c2cc(=O)[nH]c3ccccc23)cc1. The number of rotatable bonds is 5. The zero-order valence-corrected chi connectivity index (χ0v) is 13.2. The van der Waals surface area contributed by atoms with E-state index in [9.17, 15) is 9.59 Å². The number of fused-ring (bicyclic) bond motifs is 1. The Balaban J connectivity index is 1.63. The van der Waals surface area contributed by atoms with Crippen LogP contribution in [0.4, 0.5) is 0 Å². The number of aromatic amines is 1. The molecule has 0 unspecified atom stereocenters. The molecule has 24 heavy (non-hydrogen) atoms. The molecule has 0 radical (unpaired) electrons. The van der Waals surface area contributed by atoms with Gasteiger partial charge in [-0.1, -0.05) is 35.9 Å². The number of carbonyl (C=O) groups is 1. The molecule has 0 atom stereocenters. The lowest BCUT2D eigenvalue weighted by Gasteiger charge is -2.09. The van der Waals surface area contributed by atoms with Gasteiger partial charge in [0.05, 0.1) is 5.56 Å². The molecular formula is C19H17NO4. The summed E-state index contributed by atoms with van der Waals surface area (Å²) in [5, 5.41) is 0.654. The van der Waals surface area contributed by atoms with Crippen LogP contribution in [0.2, 0.25) is 0 Å². The quantitative estimate of drug-likeness (QED) is 0.579. The highest BCUT2D eigenvalue weighted by Gasteiger charge is 2.12. The van der Waals surface area contributed by atoms with E-state index in [4.69, 9.17) is 9.47 Å². The van der Waals surface area contributed by atoms with Crippen molar-refractivity contribution < 1.29 is 14.3 Å². The van der Waals surface area contributed by atoms with Crippen molar-refractivity contribution in [3.05, 3.63) is 76.1 Å². The zero-order chi connectivity index (χ0) is 16.9. The lowest BCUT2D eigenvalue weighted by atomic mass is 10.1. The number of aromatic nitrogens is 1. The summed E-state index contributed by atoms with van der Waals surface area (Å²) < 4.78 is 10.7. The molecule has 0 bridgehead atoms. The van der Waals surface area contributed by atoms with Crippen LogP contribution >= 0.6 is 0 Å². The van der Waals surface area contributed by atoms with Crippen LogP contribution in [0.5, 0.6) is 5.75 Å². The van der Waals surface area contributed by atoms with Crippen LogP contribution in [-0.2, 0) is 4.74 Å². The van der Waals surface area contributed by atoms with Crippen molar-refractivity contribution in [2.45, 2.75) is 6.92 Å². The fourth-order valence-corrected chi connectivity index (χ4v) is 2.38. The van der Waals surface area contributed by atoms with E-state index >= 15 is 0 Å². The summed E-state index contributed by atoms with van der Waals surface area (Å²) in [5.41, 5.74) is 1.67. The predicted molar refractivity (Wildman–Crippen MR) is 91.5 cm³/mol. The number of H-pyrrole nitrogens is 1. The zero-order valence-electron chi connectivity index (χ0n) is 13.2. The first-order valence-corrected chi connectivity index (χ1v) is 7.62. The van der Waals surface area contributed by atoms with Crippen LogP contribution < -0.4 is 10.3 Å². The van der Waals surface area contributed by atoms with Crippen LogP contribution in [0.25, 0.3) is 10.9 Å². The number of hydrogen-bond acceptors (Lipinski definition) is 4. The lowest BCUT2D eigenvalue weighted by Crippen LogP contribution is -2.16. The number of hydrogen-bond donors (Lipinski definition) is 1. The van der Waals surface area contributed by atoms with Crippen molar-refractivity contribution in [2.24, 2.45) is 0 Å². The molecule has 2 aromatic carbocycles. The number of para-hydroxylation sites is 1. The van der Waals surface area contributed by atoms with Gasteiger partial charge in [-0.25, -0.2) is 4.79 Å². The number of esters is 1. The Morgan fingerprint density at radius 1 is 1.04 bits per heavy atom. The maximum Gasteiger partial charge on any atom is 0.339 e. The maximum atomic E-state index is 12.2. The molecular weight excluding hydrogens is 306 g/mol. The van der Waals surface area contributed by atoms with Crippen molar-refractivity contribution >= 4 is 16.9 Å². The second-order valence-corrected chi connectivity index (χ2v) is 5.39. The van der Waals surface area contributed by atoms with Crippen molar-refractivity contribution in [3.63, 3.8) is 0 Å². The third kappa shape index (κ3) is 3.63. The summed E-state index contributed by atoms with van der Waals surface area (Å²) in [4.78, 5) is 26.6.